The van der Waals surface area contributed by atoms with E-state index in [1.54, 1.807) is 24.3 Å². The molecule has 5 heteroatoms. The first-order valence-corrected chi connectivity index (χ1v) is 8.59. The zero-order chi connectivity index (χ0) is 18.4. The Kier molecular flexibility index (Phi) is 3.93. The average molecular weight is 367 g/mol. The summed E-state index contributed by atoms with van der Waals surface area (Å²) in [7, 11) is 0. The van der Waals surface area contributed by atoms with E-state index in [4.69, 9.17) is 17.3 Å². The largest absolute Gasteiger partial charge is 0.366 e. The smallest absolute Gasteiger partial charge is 0.249 e. The second kappa shape index (κ2) is 6.15. The van der Waals surface area contributed by atoms with E-state index in [1.165, 1.54) is 6.07 Å². The van der Waals surface area contributed by atoms with Gasteiger partial charge in [0.2, 0.25) is 5.91 Å². The van der Waals surface area contributed by atoms with E-state index in [-0.39, 0.29) is 12.4 Å². The number of nitrogens with zero attached hydrogens (tertiary/aromatic N) is 1. The summed E-state index contributed by atoms with van der Waals surface area (Å²) in [6, 6.07) is 16.0. The molecule has 0 bridgehead atoms. The van der Waals surface area contributed by atoms with E-state index in [0.29, 0.717) is 16.1 Å². The first kappa shape index (κ1) is 16.6. The first-order valence-electron chi connectivity index (χ1n) is 8.21. The molecule has 0 unspecified atom stereocenters. The molecule has 0 saturated carbocycles. The van der Waals surface area contributed by atoms with E-state index in [2.05, 4.69) is 0 Å². The van der Waals surface area contributed by atoms with Crippen LogP contribution in [0.15, 0.2) is 54.6 Å². The van der Waals surface area contributed by atoms with Crippen LogP contribution >= 0.6 is 11.6 Å². The molecule has 0 fully saturated rings. The van der Waals surface area contributed by atoms with E-state index < -0.39 is 5.91 Å². The van der Waals surface area contributed by atoms with Crippen molar-refractivity contribution in [3.05, 3.63) is 82.1 Å². The van der Waals surface area contributed by atoms with Gasteiger partial charge in [-0.3, -0.25) is 4.79 Å². The number of rotatable bonds is 3. The quantitative estimate of drug-likeness (QED) is 0.542. The lowest BCUT2D eigenvalue weighted by Gasteiger charge is -2.11. The molecule has 4 aromatic rings. The summed E-state index contributed by atoms with van der Waals surface area (Å²) >= 11 is 6.23. The normalized spacial score (nSPS) is 11.3. The highest BCUT2D eigenvalue weighted by Gasteiger charge is 2.18. The van der Waals surface area contributed by atoms with Crippen LogP contribution in [0, 0.1) is 12.7 Å². The molecule has 0 atom stereocenters. The summed E-state index contributed by atoms with van der Waals surface area (Å²) in [6.45, 7) is 2.25. The van der Waals surface area contributed by atoms with Gasteiger partial charge in [0.05, 0.1) is 12.1 Å². The predicted molar refractivity (Wildman–Crippen MR) is 103 cm³/mol. The van der Waals surface area contributed by atoms with Crippen LogP contribution < -0.4 is 5.73 Å². The third-order valence-corrected chi connectivity index (χ3v) is 5.04. The minimum Gasteiger partial charge on any atom is -0.366 e. The van der Waals surface area contributed by atoms with Crippen molar-refractivity contribution in [3.8, 4) is 0 Å². The molecule has 4 rings (SSSR count). The average Bonchev–Trinajstić information content (AvgIpc) is 2.91. The molecule has 0 radical (unpaired) electrons. The number of nitrogens with two attached hydrogens (primary N) is 1. The van der Waals surface area contributed by atoms with Crippen LogP contribution in [0.4, 0.5) is 4.39 Å². The SMILES string of the molecule is Cc1ccc2c3c(C(N)=O)cccc3n(Cc3c(F)cccc3Cl)c2c1. The molecule has 3 nitrogen and oxygen atoms in total. The number of benzene rings is 3. The fourth-order valence-electron chi connectivity index (χ4n) is 3.47. The topological polar surface area (TPSA) is 48.0 Å². The van der Waals surface area contributed by atoms with Gasteiger partial charge in [0.15, 0.2) is 0 Å². The van der Waals surface area contributed by atoms with Crippen LogP contribution in [0.25, 0.3) is 21.8 Å². The van der Waals surface area contributed by atoms with Gasteiger partial charge in [-0.2, -0.15) is 0 Å². The molecule has 130 valence electrons. The van der Waals surface area contributed by atoms with Crippen LogP contribution in [-0.4, -0.2) is 10.5 Å². The minimum absolute atomic E-state index is 0.261. The number of halogens is 2. The molecule has 26 heavy (non-hydrogen) atoms. The highest BCUT2D eigenvalue weighted by atomic mass is 35.5. The summed E-state index contributed by atoms with van der Waals surface area (Å²) < 4.78 is 16.3. The fraction of sp³-hybridized carbons (Fsp3) is 0.0952. The van der Waals surface area contributed by atoms with Gasteiger partial charge in [-0.05, 0) is 42.8 Å². The van der Waals surface area contributed by atoms with E-state index in [0.717, 1.165) is 27.4 Å². The standard InChI is InChI=1S/C21H16ClFN2O/c1-12-8-9-13-19(10-12)25(11-15-16(22)5-3-6-17(15)23)18-7-2-4-14(20(13)18)21(24)26/h2-10H,11H2,1H3,(H2,24,26). The zero-order valence-corrected chi connectivity index (χ0v) is 14.8. The summed E-state index contributed by atoms with van der Waals surface area (Å²) in [6.07, 6.45) is 0. The highest BCUT2D eigenvalue weighted by molar-refractivity contribution is 6.31. The number of carbonyl (C=O) groups is 1. The predicted octanol–water partition coefficient (Wildman–Crippen LogP) is 5.04. The Bertz CT molecular complexity index is 1160. The number of carbonyl (C=O) groups excluding carboxylic acids is 1. The van der Waals surface area contributed by atoms with Crippen LogP contribution in [0.5, 0.6) is 0 Å². The maximum atomic E-state index is 14.4. The molecular weight excluding hydrogens is 351 g/mol. The Hall–Kier alpha value is -2.85. The van der Waals surface area contributed by atoms with E-state index >= 15 is 0 Å². The molecule has 1 heterocycles. The first-order chi connectivity index (χ1) is 12.5. The lowest BCUT2D eigenvalue weighted by Crippen LogP contribution is -2.11. The molecule has 0 aliphatic carbocycles. The van der Waals surface area contributed by atoms with Crippen molar-refractivity contribution in [1.82, 2.24) is 4.57 Å². The number of hydrogen-bond acceptors (Lipinski definition) is 1. The zero-order valence-electron chi connectivity index (χ0n) is 14.1. The Morgan fingerprint density at radius 1 is 1.12 bits per heavy atom. The van der Waals surface area contributed by atoms with Gasteiger partial charge in [0, 0.05) is 32.4 Å². The minimum atomic E-state index is -0.487. The molecule has 3 aromatic carbocycles. The molecule has 2 N–H and O–H groups in total. The van der Waals surface area contributed by atoms with Gasteiger partial charge in [-0.1, -0.05) is 35.9 Å². The molecule has 1 amide bonds. The van der Waals surface area contributed by atoms with Gasteiger partial charge >= 0.3 is 0 Å². The van der Waals surface area contributed by atoms with Crippen LogP contribution in [0.3, 0.4) is 0 Å². The van der Waals surface area contributed by atoms with Gasteiger partial charge in [-0.15, -0.1) is 0 Å². The molecule has 0 saturated heterocycles. The Morgan fingerprint density at radius 2 is 1.88 bits per heavy atom. The van der Waals surface area contributed by atoms with Crippen molar-refractivity contribution in [2.24, 2.45) is 5.73 Å². The number of amides is 1. The second-order valence-electron chi connectivity index (χ2n) is 6.37. The third kappa shape index (κ3) is 2.54. The summed E-state index contributed by atoms with van der Waals surface area (Å²) in [4.78, 5) is 11.9. The number of hydrogen-bond donors (Lipinski definition) is 1. The summed E-state index contributed by atoms with van der Waals surface area (Å²) in [5, 5.41) is 2.06. The summed E-state index contributed by atoms with van der Waals surface area (Å²) in [5.41, 5.74) is 9.25. The number of primary amides is 1. The van der Waals surface area contributed by atoms with Crippen LogP contribution in [-0.2, 0) is 6.54 Å². The lowest BCUT2D eigenvalue weighted by molar-refractivity contribution is 0.100. The molecule has 0 aliphatic heterocycles. The summed E-state index contributed by atoms with van der Waals surface area (Å²) in [5.74, 6) is -0.842. The van der Waals surface area contributed by atoms with E-state index in [1.807, 2.05) is 35.8 Å². The van der Waals surface area contributed by atoms with Crippen molar-refractivity contribution >= 4 is 39.3 Å². The number of fused-ring (bicyclic) bond motifs is 3. The van der Waals surface area contributed by atoms with Crippen molar-refractivity contribution in [2.75, 3.05) is 0 Å². The van der Waals surface area contributed by atoms with Gasteiger partial charge < -0.3 is 10.3 Å². The van der Waals surface area contributed by atoms with Gasteiger partial charge in [-0.25, -0.2) is 4.39 Å². The third-order valence-electron chi connectivity index (χ3n) is 4.69. The highest BCUT2D eigenvalue weighted by Crippen LogP contribution is 2.34. The fourth-order valence-corrected chi connectivity index (χ4v) is 3.69. The molecule has 0 spiro atoms. The molecular formula is C21H16ClFN2O. The number of aromatic nitrogens is 1. The van der Waals surface area contributed by atoms with Crippen molar-refractivity contribution in [2.45, 2.75) is 13.5 Å². The van der Waals surface area contributed by atoms with E-state index in [9.17, 15) is 9.18 Å². The molecule has 1 aromatic heterocycles. The van der Waals surface area contributed by atoms with Crippen molar-refractivity contribution in [3.63, 3.8) is 0 Å². The van der Waals surface area contributed by atoms with Crippen molar-refractivity contribution in [1.29, 1.82) is 0 Å². The number of aryl methyl sites for hydroxylation is 1. The van der Waals surface area contributed by atoms with Crippen LogP contribution in [0.1, 0.15) is 21.5 Å². The van der Waals surface area contributed by atoms with Gasteiger partial charge in [0.1, 0.15) is 5.82 Å². The van der Waals surface area contributed by atoms with Crippen molar-refractivity contribution < 1.29 is 9.18 Å². The maximum absolute atomic E-state index is 14.4. The van der Waals surface area contributed by atoms with Gasteiger partial charge in [0.25, 0.3) is 0 Å². The Balaban J connectivity index is 2.09. The monoisotopic (exact) mass is 366 g/mol. The van der Waals surface area contributed by atoms with Crippen LogP contribution in [0.2, 0.25) is 5.02 Å². The Morgan fingerprint density at radius 3 is 2.62 bits per heavy atom. The second-order valence-corrected chi connectivity index (χ2v) is 6.78. The Labute approximate surface area is 154 Å². The lowest BCUT2D eigenvalue weighted by atomic mass is 10.1. The molecule has 0 aliphatic rings. The maximum Gasteiger partial charge on any atom is 0.249 e.